The normalized spacial score (nSPS) is 10.6. The van der Waals surface area contributed by atoms with Gasteiger partial charge in [-0.25, -0.2) is 5.10 Å². The van der Waals surface area contributed by atoms with E-state index in [0.29, 0.717) is 23.3 Å². The van der Waals surface area contributed by atoms with E-state index in [9.17, 15) is 0 Å². The first-order valence-electron chi connectivity index (χ1n) is 8.82. The van der Waals surface area contributed by atoms with E-state index < -0.39 is 0 Å². The zero-order valence-corrected chi connectivity index (χ0v) is 16.1. The Hall–Kier alpha value is -2.93. The molecule has 0 aliphatic heterocycles. The van der Waals surface area contributed by atoms with Crippen molar-refractivity contribution >= 4 is 29.2 Å². The van der Waals surface area contributed by atoms with Crippen LogP contribution in [0.4, 0.5) is 17.6 Å². The second-order valence-corrected chi connectivity index (χ2v) is 6.29. The number of ether oxygens (including phenoxy) is 1. The predicted octanol–water partition coefficient (Wildman–Crippen LogP) is 4.29. The summed E-state index contributed by atoms with van der Waals surface area (Å²) in [6, 6.07) is 13.6. The van der Waals surface area contributed by atoms with Gasteiger partial charge in [-0.1, -0.05) is 23.7 Å². The van der Waals surface area contributed by atoms with E-state index in [2.05, 4.69) is 45.3 Å². The molecule has 0 radical (unpaired) electrons. The number of hydrogen-bond acceptors (Lipinski definition) is 6. The van der Waals surface area contributed by atoms with E-state index in [1.807, 2.05) is 36.4 Å². The van der Waals surface area contributed by atoms with Crippen molar-refractivity contribution in [2.24, 2.45) is 0 Å². The molecule has 0 unspecified atom stereocenters. The lowest BCUT2D eigenvalue weighted by Gasteiger charge is -2.21. The summed E-state index contributed by atoms with van der Waals surface area (Å²) in [6.45, 7) is 6.54. The van der Waals surface area contributed by atoms with Gasteiger partial charge < -0.3 is 20.7 Å². The highest BCUT2D eigenvalue weighted by Crippen LogP contribution is 2.32. The molecule has 0 aliphatic carbocycles. The molecular weight excluding hydrogens is 364 g/mol. The topological polar surface area (TPSA) is 92.1 Å². The van der Waals surface area contributed by atoms with Gasteiger partial charge in [-0.3, -0.25) is 0 Å². The van der Waals surface area contributed by atoms with Gasteiger partial charge in [0, 0.05) is 42.0 Å². The minimum absolute atomic E-state index is 0.251. The number of nitrogens with zero attached hydrogens (tertiary/aromatic N) is 3. The lowest BCUT2D eigenvalue weighted by molar-refractivity contribution is 0.477. The highest BCUT2D eigenvalue weighted by atomic mass is 35.5. The van der Waals surface area contributed by atoms with Crippen molar-refractivity contribution in [3.05, 3.63) is 53.1 Å². The van der Waals surface area contributed by atoms with E-state index >= 15 is 0 Å². The molecule has 1 heterocycles. The summed E-state index contributed by atoms with van der Waals surface area (Å²) in [5, 5.41) is 10.2. The first-order valence-corrected chi connectivity index (χ1v) is 9.20. The fraction of sp³-hybridized carbons (Fsp3) is 0.263. The molecule has 27 heavy (non-hydrogen) atoms. The van der Waals surface area contributed by atoms with E-state index in [-0.39, 0.29) is 5.95 Å². The maximum atomic E-state index is 6.39. The van der Waals surface area contributed by atoms with Crippen LogP contribution < -0.4 is 20.7 Å². The number of halogens is 1. The quantitative estimate of drug-likeness (QED) is 0.534. The van der Waals surface area contributed by atoms with Gasteiger partial charge in [-0.2, -0.15) is 4.98 Å². The van der Waals surface area contributed by atoms with Gasteiger partial charge in [-0.05, 0) is 38.1 Å². The lowest BCUT2D eigenvalue weighted by atomic mass is 10.2. The Morgan fingerprint density at radius 3 is 2.67 bits per heavy atom. The fourth-order valence-corrected chi connectivity index (χ4v) is 3.02. The third kappa shape index (κ3) is 4.62. The van der Waals surface area contributed by atoms with Gasteiger partial charge in [-0.15, -0.1) is 5.10 Å². The Kier molecular flexibility index (Phi) is 6.03. The number of hydrogen-bond donors (Lipinski definition) is 3. The minimum atomic E-state index is 0.251. The molecule has 0 aliphatic rings. The zero-order valence-electron chi connectivity index (χ0n) is 15.4. The number of rotatable bonds is 8. The van der Waals surface area contributed by atoms with Crippen LogP contribution in [-0.2, 0) is 6.54 Å². The number of H-pyrrole nitrogens is 1. The molecule has 142 valence electrons. The van der Waals surface area contributed by atoms with Crippen LogP contribution in [0.2, 0.25) is 5.02 Å². The molecule has 0 spiro atoms. The summed E-state index contributed by atoms with van der Waals surface area (Å²) in [5.41, 5.74) is 7.48. The molecule has 0 atom stereocenters. The summed E-state index contributed by atoms with van der Waals surface area (Å²) in [7, 11) is 0. The third-order valence-electron chi connectivity index (χ3n) is 4.18. The first kappa shape index (κ1) is 18.8. The number of benzene rings is 2. The van der Waals surface area contributed by atoms with Crippen LogP contribution >= 0.6 is 11.6 Å². The SMILES string of the molecule is CCN(CC)c1cccc(Oc2cccc(Cl)c2CNc2n[nH]c(N)n2)c1. The van der Waals surface area contributed by atoms with Crippen LogP contribution in [0, 0.1) is 0 Å². The summed E-state index contributed by atoms with van der Waals surface area (Å²) in [4.78, 5) is 6.29. The Balaban J connectivity index is 1.81. The van der Waals surface area contributed by atoms with Crippen LogP contribution in [0.1, 0.15) is 19.4 Å². The van der Waals surface area contributed by atoms with Crippen molar-refractivity contribution < 1.29 is 4.74 Å². The fourth-order valence-electron chi connectivity index (χ4n) is 2.79. The van der Waals surface area contributed by atoms with Crippen molar-refractivity contribution in [1.82, 2.24) is 15.2 Å². The Morgan fingerprint density at radius 2 is 1.96 bits per heavy atom. The predicted molar refractivity (Wildman–Crippen MR) is 110 cm³/mol. The van der Waals surface area contributed by atoms with E-state index in [1.165, 1.54) is 0 Å². The molecule has 1 aromatic heterocycles. The molecule has 3 aromatic rings. The molecule has 0 saturated carbocycles. The van der Waals surface area contributed by atoms with E-state index in [4.69, 9.17) is 22.1 Å². The maximum absolute atomic E-state index is 6.39. The molecule has 0 amide bonds. The van der Waals surface area contributed by atoms with Crippen LogP contribution in [0.15, 0.2) is 42.5 Å². The van der Waals surface area contributed by atoms with Gasteiger partial charge in [0.05, 0.1) is 0 Å². The van der Waals surface area contributed by atoms with E-state index in [1.54, 1.807) is 0 Å². The van der Waals surface area contributed by atoms with Gasteiger partial charge in [0.1, 0.15) is 11.5 Å². The molecule has 8 heteroatoms. The first-order chi connectivity index (χ1) is 13.1. The van der Waals surface area contributed by atoms with Crippen molar-refractivity contribution in [2.75, 3.05) is 29.0 Å². The molecule has 3 rings (SSSR count). The Labute approximate surface area is 163 Å². The van der Waals surface area contributed by atoms with E-state index in [0.717, 1.165) is 30.1 Å². The van der Waals surface area contributed by atoms with Crippen LogP contribution in [-0.4, -0.2) is 28.3 Å². The molecular formula is C19H23ClN6O. The van der Waals surface area contributed by atoms with Gasteiger partial charge >= 0.3 is 0 Å². The number of nitrogen functional groups attached to an aromatic ring is 1. The van der Waals surface area contributed by atoms with Gasteiger partial charge in [0.15, 0.2) is 0 Å². The molecule has 0 fully saturated rings. The number of anilines is 3. The van der Waals surface area contributed by atoms with Gasteiger partial charge in [0.25, 0.3) is 0 Å². The lowest BCUT2D eigenvalue weighted by Crippen LogP contribution is -2.21. The number of nitrogens with one attached hydrogen (secondary N) is 2. The number of aromatic nitrogens is 3. The standard InChI is InChI=1S/C19H23ClN6O/c1-3-26(4-2)13-7-5-8-14(11-13)27-17-10-6-9-16(20)15(17)12-22-19-23-18(21)24-25-19/h5-11H,3-4,12H2,1-2H3,(H4,21,22,23,24,25). The maximum Gasteiger partial charge on any atom is 0.243 e. The monoisotopic (exact) mass is 386 g/mol. The van der Waals surface area contributed by atoms with Crippen LogP contribution in [0.3, 0.4) is 0 Å². The van der Waals surface area contributed by atoms with Gasteiger partial charge in [0.2, 0.25) is 11.9 Å². The second-order valence-electron chi connectivity index (χ2n) is 5.89. The molecule has 2 aromatic carbocycles. The Morgan fingerprint density at radius 1 is 1.19 bits per heavy atom. The smallest absolute Gasteiger partial charge is 0.243 e. The third-order valence-corrected chi connectivity index (χ3v) is 4.53. The summed E-state index contributed by atoms with van der Waals surface area (Å²) in [6.07, 6.45) is 0. The van der Waals surface area contributed by atoms with Crippen LogP contribution in [0.25, 0.3) is 0 Å². The molecule has 0 bridgehead atoms. The molecule has 4 N–H and O–H groups in total. The van der Waals surface area contributed by atoms with Crippen molar-refractivity contribution in [1.29, 1.82) is 0 Å². The molecule has 7 nitrogen and oxygen atoms in total. The number of aromatic amines is 1. The summed E-state index contributed by atoms with van der Waals surface area (Å²) >= 11 is 6.39. The molecule has 0 saturated heterocycles. The van der Waals surface area contributed by atoms with Crippen molar-refractivity contribution in [3.63, 3.8) is 0 Å². The minimum Gasteiger partial charge on any atom is -0.457 e. The zero-order chi connectivity index (χ0) is 19.2. The highest BCUT2D eigenvalue weighted by molar-refractivity contribution is 6.31. The highest BCUT2D eigenvalue weighted by Gasteiger charge is 2.11. The summed E-state index contributed by atoms with van der Waals surface area (Å²) < 4.78 is 6.14. The average molecular weight is 387 g/mol. The van der Waals surface area contributed by atoms with Crippen molar-refractivity contribution in [3.8, 4) is 11.5 Å². The number of nitrogens with two attached hydrogens (primary N) is 1. The average Bonchev–Trinajstić information content (AvgIpc) is 3.08. The Bertz CT molecular complexity index is 893. The van der Waals surface area contributed by atoms with Crippen LogP contribution in [0.5, 0.6) is 11.5 Å². The largest absolute Gasteiger partial charge is 0.457 e. The second kappa shape index (κ2) is 8.64. The van der Waals surface area contributed by atoms with Crippen molar-refractivity contribution in [2.45, 2.75) is 20.4 Å². The summed E-state index contributed by atoms with van der Waals surface area (Å²) in [5.74, 6) is 2.09.